The Morgan fingerprint density at radius 2 is 2.24 bits per heavy atom. The van der Waals surface area contributed by atoms with Gasteiger partial charge in [-0.2, -0.15) is 0 Å². The molecule has 1 fully saturated rings. The van der Waals surface area contributed by atoms with Gasteiger partial charge in [-0.15, -0.1) is 0 Å². The van der Waals surface area contributed by atoms with Gasteiger partial charge in [-0.05, 0) is 32.4 Å². The number of nitro benzene ring substituents is 1. The Hall–Kier alpha value is -1.95. The number of amides is 1. The zero-order valence-electron chi connectivity index (χ0n) is 12.6. The summed E-state index contributed by atoms with van der Waals surface area (Å²) in [5.41, 5.74) is 0.828. The number of rotatable bonds is 4. The number of hydrogen-bond donors (Lipinski definition) is 1. The Morgan fingerprint density at radius 3 is 2.81 bits per heavy atom. The minimum Gasteiger partial charge on any atom is -0.339 e. The number of nitrogens with zero attached hydrogens (tertiary/aromatic N) is 2. The van der Waals surface area contributed by atoms with Crippen LogP contribution >= 0.6 is 0 Å². The molecule has 0 spiro atoms. The van der Waals surface area contributed by atoms with Gasteiger partial charge in [-0.1, -0.05) is 12.1 Å². The molecule has 1 aliphatic rings. The van der Waals surface area contributed by atoms with Crippen LogP contribution in [0.4, 0.5) is 5.69 Å². The molecular weight excluding hydrogens is 270 g/mol. The first-order chi connectivity index (χ1) is 9.91. The van der Waals surface area contributed by atoms with Crippen LogP contribution in [0.3, 0.4) is 0 Å². The molecule has 1 N–H and O–H groups in total. The third kappa shape index (κ3) is 3.21. The Bertz CT molecular complexity index is 547. The third-order valence-electron chi connectivity index (χ3n) is 4.33. The minimum atomic E-state index is -0.416. The van der Waals surface area contributed by atoms with Crippen molar-refractivity contribution in [3.63, 3.8) is 0 Å². The normalized spacial score (nSPS) is 22.8. The van der Waals surface area contributed by atoms with Crippen molar-refractivity contribution >= 4 is 11.6 Å². The van der Waals surface area contributed by atoms with E-state index >= 15 is 0 Å². The fraction of sp³-hybridized carbons (Fsp3) is 0.533. The summed E-state index contributed by atoms with van der Waals surface area (Å²) in [5, 5.41) is 14.1. The molecular formula is C15H21N3O3. The first-order valence-corrected chi connectivity index (χ1v) is 7.16. The minimum absolute atomic E-state index is 0.0175. The second-order valence-corrected chi connectivity index (χ2v) is 5.62. The van der Waals surface area contributed by atoms with E-state index in [9.17, 15) is 14.9 Å². The quantitative estimate of drug-likeness (QED) is 0.681. The zero-order valence-corrected chi connectivity index (χ0v) is 12.6. The van der Waals surface area contributed by atoms with Gasteiger partial charge in [0.25, 0.3) is 5.69 Å². The van der Waals surface area contributed by atoms with E-state index in [1.54, 1.807) is 18.0 Å². The third-order valence-corrected chi connectivity index (χ3v) is 4.33. The standard InChI is InChI=1S/C15H21N3O3/c1-10-14(7-8-16-10)15(19)17(3)11(2)12-5-4-6-13(9-12)18(20)21/h4-6,9-11,14,16H,7-8H2,1-3H3. The molecule has 0 aromatic heterocycles. The fourth-order valence-corrected chi connectivity index (χ4v) is 2.77. The Labute approximate surface area is 124 Å². The fourth-order valence-electron chi connectivity index (χ4n) is 2.77. The molecule has 3 atom stereocenters. The van der Waals surface area contributed by atoms with Gasteiger partial charge in [0.15, 0.2) is 0 Å². The molecule has 1 aliphatic heterocycles. The molecule has 0 aliphatic carbocycles. The van der Waals surface area contributed by atoms with Gasteiger partial charge >= 0.3 is 0 Å². The monoisotopic (exact) mass is 291 g/mol. The largest absolute Gasteiger partial charge is 0.339 e. The van der Waals surface area contributed by atoms with Crippen molar-refractivity contribution in [2.75, 3.05) is 13.6 Å². The molecule has 6 heteroatoms. The number of nitrogens with one attached hydrogen (secondary N) is 1. The molecule has 21 heavy (non-hydrogen) atoms. The van der Waals surface area contributed by atoms with Crippen LogP contribution in [0.1, 0.15) is 31.9 Å². The predicted octanol–water partition coefficient (Wildman–Crippen LogP) is 2.11. The molecule has 0 bridgehead atoms. The number of nitro groups is 1. The molecule has 1 aromatic carbocycles. The van der Waals surface area contributed by atoms with E-state index < -0.39 is 4.92 Å². The van der Waals surface area contributed by atoms with Gasteiger partial charge < -0.3 is 10.2 Å². The summed E-state index contributed by atoms with van der Waals surface area (Å²) in [5.74, 6) is 0.0719. The van der Waals surface area contributed by atoms with Crippen molar-refractivity contribution in [3.05, 3.63) is 39.9 Å². The zero-order chi connectivity index (χ0) is 15.6. The summed E-state index contributed by atoms with van der Waals surface area (Å²) in [6, 6.07) is 6.45. The summed E-state index contributed by atoms with van der Waals surface area (Å²) >= 11 is 0. The second-order valence-electron chi connectivity index (χ2n) is 5.62. The summed E-state index contributed by atoms with van der Waals surface area (Å²) in [6.45, 7) is 4.77. The topological polar surface area (TPSA) is 75.5 Å². The Kier molecular flexibility index (Phi) is 4.57. The maximum absolute atomic E-state index is 12.5. The van der Waals surface area contributed by atoms with Crippen molar-refractivity contribution in [2.24, 2.45) is 5.92 Å². The molecule has 1 aromatic rings. The molecule has 114 valence electrons. The first-order valence-electron chi connectivity index (χ1n) is 7.16. The molecule has 1 saturated heterocycles. The summed E-state index contributed by atoms with van der Waals surface area (Å²) in [4.78, 5) is 24.7. The Balaban J connectivity index is 2.15. The highest BCUT2D eigenvalue weighted by atomic mass is 16.6. The highest BCUT2D eigenvalue weighted by Gasteiger charge is 2.33. The van der Waals surface area contributed by atoms with Crippen LogP contribution in [0.2, 0.25) is 0 Å². The molecule has 0 radical (unpaired) electrons. The van der Waals surface area contributed by atoms with Gasteiger partial charge in [0.05, 0.1) is 16.9 Å². The molecule has 3 unspecified atom stereocenters. The van der Waals surface area contributed by atoms with Crippen LogP contribution < -0.4 is 5.32 Å². The van der Waals surface area contributed by atoms with E-state index in [1.807, 2.05) is 19.9 Å². The van der Waals surface area contributed by atoms with Crippen molar-refractivity contribution in [1.29, 1.82) is 0 Å². The number of benzene rings is 1. The Morgan fingerprint density at radius 1 is 1.52 bits per heavy atom. The van der Waals surface area contributed by atoms with Crippen LogP contribution in [0.25, 0.3) is 0 Å². The average Bonchev–Trinajstić information content (AvgIpc) is 2.91. The molecule has 6 nitrogen and oxygen atoms in total. The smallest absolute Gasteiger partial charge is 0.269 e. The van der Waals surface area contributed by atoms with E-state index in [2.05, 4.69) is 5.32 Å². The highest BCUT2D eigenvalue weighted by Crippen LogP contribution is 2.26. The summed E-state index contributed by atoms with van der Waals surface area (Å²) in [6.07, 6.45) is 0.839. The summed E-state index contributed by atoms with van der Waals surface area (Å²) in [7, 11) is 1.76. The van der Waals surface area contributed by atoms with Crippen molar-refractivity contribution < 1.29 is 9.72 Å². The number of hydrogen-bond acceptors (Lipinski definition) is 4. The SMILES string of the molecule is CC1NCCC1C(=O)N(C)C(C)c1cccc([N+](=O)[O-])c1. The van der Waals surface area contributed by atoms with Crippen LogP contribution in [0.5, 0.6) is 0 Å². The van der Waals surface area contributed by atoms with Gasteiger partial charge in [0.1, 0.15) is 0 Å². The number of carbonyl (C=O) groups excluding carboxylic acids is 1. The molecule has 2 rings (SSSR count). The lowest BCUT2D eigenvalue weighted by Crippen LogP contribution is -2.39. The van der Waals surface area contributed by atoms with E-state index in [0.29, 0.717) is 0 Å². The van der Waals surface area contributed by atoms with E-state index in [1.165, 1.54) is 12.1 Å². The van der Waals surface area contributed by atoms with Gasteiger partial charge in [-0.3, -0.25) is 14.9 Å². The second kappa shape index (κ2) is 6.22. The predicted molar refractivity (Wildman–Crippen MR) is 79.9 cm³/mol. The van der Waals surface area contributed by atoms with E-state index in [4.69, 9.17) is 0 Å². The lowest BCUT2D eigenvalue weighted by atomic mass is 9.98. The number of non-ortho nitro benzene ring substituents is 1. The van der Waals surface area contributed by atoms with E-state index in [-0.39, 0.29) is 29.6 Å². The number of carbonyl (C=O) groups is 1. The molecule has 1 heterocycles. The van der Waals surface area contributed by atoms with Crippen molar-refractivity contribution in [1.82, 2.24) is 10.2 Å². The van der Waals surface area contributed by atoms with Gasteiger partial charge in [-0.25, -0.2) is 0 Å². The van der Waals surface area contributed by atoms with E-state index in [0.717, 1.165) is 18.5 Å². The van der Waals surface area contributed by atoms with Crippen molar-refractivity contribution in [3.8, 4) is 0 Å². The lowest BCUT2D eigenvalue weighted by Gasteiger charge is -2.29. The van der Waals surface area contributed by atoms with Gasteiger partial charge in [0, 0.05) is 25.2 Å². The lowest BCUT2D eigenvalue weighted by molar-refractivity contribution is -0.384. The molecule has 1 amide bonds. The first kappa shape index (κ1) is 15.4. The molecule has 0 saturated carbocycles. The van der Waals surface area contributed by atoms with Crippen LogP contribution in [0, 0.1) is 16.0 Å². The maximum Gasteiger partial charge on any atom is 0.269 e. The van der Waals surface area contributed by atoms with Crippen LogP contribution in [-0.4, -0.2) is 35.4 Å². The van der Waals surface area contributed by atoms with Gasteiger partial charge in [0.2, 0.25) is 5.91 Å². The van der Waals surface area contributed by atoms with Crippen LogP contribution in [0.15, 0.2) is 24.3 Å². The van der Waals surface area contributed by atoms with Crippen LogP contribution in [-0.2, 0) is 4.79 Å². The highest BCUT2D eigenvalue weighted by molar-refractivity contribution is 5.80. The summed E-state index contributed by atoms with van der Waals surface area (Å²) < 4.78 is 0. The average molecular weight is 291 g/mol. The maximum atomic E-state index is 12.5. The van der Waals surface area contributed by atoms with Crippen molar-refractivity contribution in [2.45, 2.75) is 32.4 Å².